The predicted molar refractivity (Wildman–Crippen MR) is 106 cm³/mol. The number of benzene rings is 2. The summed E-state index contributed by atoms with van der Waals surface area (Å²) >= 11 is 1.25. The number of carbonyl (C=O) groups excluding carboxylic acids is 1. The van der Waals surface area contributed by atoms with Crippen molar-refractivity contribution in [2.45, 2.75) is 6.54 Å². The van der Waals surface area contributed by atoms with Crippen molar-refractivity contribution < 1.29 is 14.1 Å². The average molecular weight is 400 g/mol. The van der Waals surface area contributed by atoms with Crippen LogP contribution in [0.4, 0.5) is 15.2 Å². The molecular weight excluding hydrogens is 383 g/mol. The van der Waals surface area contributed by atoms with Crippen LogP contribution >= 0.6 is 11.3 Å². The van der Waals surface area contributed by atoms with Gasteiger partial charge in [-0.15, -0.1) is 11.3 Å². The van der Waals surface area contributed by atoms with E-state index < -0.39 is 4.92 Å². The zero-order valence-electron chi connectivity index (χ0n) is 15.0. The van der Waals surface area contributed by atoms with E-state index in [1.807, 2.05) is 0 Å². The summed E-state index contributed by atoms with van der Waals surface area (Å²) in [5, 5.41) is 15.8. The van der Waals surface area contributed by atoms with Crippen LogP contribution in [0.3, 0.4) is 0 Å². The number of anilines is 1. The lowest BCUT2D eigenvalue weighted by Gasteiger charge is -2.15. The molecule has 0 spiro atoms. The third kappa shape index (κ3) is 5.18. The molecule has 0 saturated heterocycles. The summed E-state index contributed by atoms with van der Waals surface area (Å²) in [6, 6.07) is 12.3. The Bertz CT molecular complexity index is 991. The van der Waals surface area contributed by atoms with Crippen LogP contribution in [0.5, 0.6) is 0 Å². The van der Waals surface area contributed by atoms with E-state index in [-0.39, 0.29) is 24.0 Å². The van der Waals surface area contributed by atoms with Gasteiger partial charge in [-0.05, 0) is 24.7 Å². The highest BCUT2D eigenvalue weighted by Crippen LogP contribution is 2.27. The van der Waals surface area contributed by atoms with Gasteiger partial charge in [0.25, 0.3) is 5.69 Å². The van der Waals surface area contributed by atoms with Crippen LogP contribution in [0.15, 0.2) is 53.9 Å². The van der Waals surface area contributed by atoms with Crippen LogP contribution in [0.1, 0.15) is 5.56 Å². The van der Waals surface area contributed by atoms with Crippen molar-refractivity contribution in [3.8, 4) is 11.3 Å². The fourth-order valence-corrected chi connectivity index (χ4v) is 3.34. The lowest BCUT2D eigenvalue weighted by atomic mass is 10.1. The van der Waals surface area contributed by atoms with Crippen LogP contribution in [-0.2, 0) is 11.3 Å². The van der Waals surface area contributed by atoms with Gasteiger partial charge in [0, 0.05) is 29.6 Å². The maximum atomic E-state index is 12.9. The summed E-state index contributed by atoms with van der Waals surface area (Å²) in [5.41, 5.74) is 2.06. The van der Waals surface area contributed by atoms with Crippen molar-refractivity contribution in [1.82, 2.24) is 9.88 Å². The Labute approximate surface area is 164 Å². The highest BCUT2D eigenvalue weighted by Gasteiger charge is 2.13. The molecule has 9 heteroatoms. The van der Waals surface area contributed by atoms with Crippen LogP contribution < -0.4 is 5.32 Å². The molecule has 1 amide bonds. The Kier molecular flexibility index (Phi) is 6.07. The van der Waals surface area contributed by atoms with E-state index in [1.54, 1.807) is 41.6 Å². The molecule has 0 saturated carbocycles. The summed E-state index contributed by atoms with van der Waals surface area (Å²) in [5.74, 6) is -0.531. The largest absolute Gasteiger partial charge is 0.301 e. The summed E-state index contributed by atoms with van der Waals surface area (Å²) in [7, 11) is 1.79. The molecule has 7 nitrogen and oxygen atoms in total. The van der Waals surface area contributed by atoms with E-state index >= 15 is 0 Å². The normalized spacial score (nSPS) is 10.8. The molecule has 28 heavy (non-hydrogen) atoms. The van der Waals surface area contributed by atoms with Gasteiger partial charge in [0.1, 0.15) is 5.82 Å². The zero-order chi connectivity index (χ0) is 20.1. The van der Waals surface area contributed by atoms with Crippen LogP contribution in [0.2, 0.25) is 0 Å². The Morgan fingerprint density at radius 2 is 2.04 bits per heavy atom. The quantitative estimate of drug-likeness (QED) is 0.480. The molecule has 0 fully saturated rings. The number of hydrogen-bond acceptors (Lipinski definition) is 6. The van der Waals surface area contributed by atoms with Gasteiger partial charge >= 0.3 is 0 Å². The molecule has 1 heterocycles. The first kappa shape index (κ1) is 19.6. The maximum absolute atomic E-state index is 12.9. The third-order valence-electron chi connectivity index (χ3n) is 3.88. The number of nitro groups is 1. The second-order valence-corrected chi connectivity index (χ2v) is 7.05. The number of thiazole rings is 1. The van der Waals surface area contributed by atoms with E-state index in [1.165, 1.54) is 35.6 Å². The molecule has 144 valence electrons. The molecule has 2 aromatic carbocycles. The zero-order valence-corrected chi connectivity index (χ0v) is 15.8. The van der Waals surface area contributed by atoms with Gasteiger partial charge in [-0.3, -0.25) is 19.8 Å². The van der Waals surface area contributed by atoms with E-state index in [4.69, 9.17) is 0 Å². The van der Waals surface area contributed by atoms with Crippen LogP contribution in [0.25, 0.3) is 11.3 Å². The molecular formula is C19H17FN4O3S. The number of nitro benzene ring substituents is 1. The molecule has 0 radical (unpaired) electrons. The second-order valence-electron chi connectivity index (χ2n) is 6.19. The number of aromatic nitrogens is 1. The molecule has 0 atom stereocenters. The lowest BCUT2D eigenvalue weighted by molar-refractivity contribution is -0.384. The summed E-state index contributed by atoms with van der Waals surface area (Å²) in [6.07, 6.45) is 0. The van der Waals surface area contributed by atoms with Gasteiger partial charge in [-0.25, -0.2) is 9.37 Å². The highest BCUT2D eigenvalue weighted by atomic mass is 32.1. The van der Waals surface area contributed by atoms with Gasteiger partial charge in [0.15, 0.2) is 5.13 Å². The molecule has 3 aromatic rings. The van der Waals surface area contributed by atoms with Crippen LogP contribution in [0, 0.1) is 15.9 Å². The minimum atomic E-state index is -0.463. The van der Waals surface area contributed by atoms with Crippen molar-refractivity contribution in [3.05, 3.63) is 75.4 Å². The van der Waals surface area contributed by atoms with Gasteiger partial charge in [0.2, 0.25) is 5.91 Å². The number of nitrogens with zero attached hydrogens (tertiary/aromatic N) is 3. The summed E-state index contributed by atoms with van der Waals surface area (Å²) in [6.45, 7) is 0.646. The van der Waals surface area contributed by atoms with Gasteiger partial charge < -0.3 is 5.32 Å². The van der Waals surface area contributed by atoms with Gasteiger partial charge in [-0.2, -0.15) is 0 Å². The Morgan fingerprint density at radius 3 is 2.75 bits per heavy atom. The second kappa shape index (κ2) is 8.68. The number of halogens is 1. The fourth-order valence-electron chi connectivity index (χ4n) is 2.60. The molecule has 0 aliphatic heterocycles. The summed E-state index contributed by atoms with van der Waals surface area (Å²) < 4.78 is 12.9. The number of likely N-dealkylation sites (N-methyl/N-ethyl adjacent to an activating group) is 1. The topological polar surface area (TPSA) is 88.4 Å². The molecule has 0 bridgehead atoms. The smallest absolute Gasteiger partial charge is 0.270 e. The SMILES string of the molecule is CN(CC(=O)Nc1nc(-c2cccc([N+](=O)[O-])c2)cs1)Cc1ccc(F)cc1. The van der Waals surface area contributed by atoms with Crippen molar-refractivity contribution >= 4 is 28.1 Å². The molecule has 0 aliphatic carbocycles. The van der Waals surface area contributed by atoms with Crippen molar-refractivity contribution in [2.24, 2.45) is 0 Å². The Balaban J connectivity index is 1.58. The monoisotopic (exact) mass is 400 g/mol. The number of carbonyl (C=O) groups is 1. The summed E-state index contributed by atoms with van der Waals surface area (Å²) in [4.78, 5) is 28.8. The minimum Gasteiger partial charge on any atom is -0.301 e. The van der Waals surface area contributed by atoms with Crippen molar-refractivity contribution in [2.75, 3.05) is 18.9 Å². The number of rotatable bonds is 7. The first-order chi connectivity index (χ1) is 13.4. The average Bonchev–Trinajstić information content (AvgIpc) is 3.12. The Hall–Kier alpha value is -3.17. The van der Waals surface area contributed by atoms with E-state index in [9.17, 15) is 19.3 Å². The van der Waals surface area contributed by atoms with Gasteiger partial charge in [-0.1, -0.05) is 24.3 Å². The Morgan fingerprint density at radius 1 is 1.29 bits per heavy atom. The van der Waals surface area contributed by atoms with Crippen LogP contribution in [-0.4, -0.2) is 34.3 Å². The fraction of sp³-hybridized carbons (Fsp3) is 0.158. The lowest BCUT2D eigenvalue weighted by Crippen LogP contribution is -2.29. The number of non-ortho nitro benzene ring substituents is 1. The molecule has 3 rings (SSSR count). The number of amides is 1. The first-order valence-corrected chi connectivity index (χ1v) is 9.22. The highest BCUT2D eigenvalue weighted by molar-refractivity contribution is 7.14. The molecule has 0 unspecified atom stereocenters. The van der Waals surface area contributed by atoms with Crippen molar-refractivity contribution in [3.63, 3.8) is 0 Å². The van der Waals surface area contributed by atoms with E-state index in [0.29, 0.717) is 22.9 Å². The third-order valence-corrected chi connectivity index (χ3v) is 4.64. The molecule has 1 aromatic heterocycles. The molecule has 1 N–H and O–H groups in total. The van der Waals surface area contributed by atoms with E-state index in [0.717, 1.165) is 5.56 Å². The van der Waals surface area contributed by atoms with Gasteiger partial charge in [0.05, 0.1) is 17.2 Å². The number of hydrogen-bond donors (Lipinski definition) is 1. The maximum Gasteiger partial charge on any atom is 0.270 e. The number of nitrogens with one attached hydrogen (secondary N) is 1. The standard InChI is InChI=1S/C19H17FN4O3S/c1-23(10-13-5-7-15(20)8-6-13)11-18(25)22-19-21-17(12-28-19)14-3-2-4-16(9-14)24(26)27/h2-9,12H,10-11H2,1H3,(H,21,22,25). The molecule has 0 aliphatic rings. The minimum absolute atomic E-state index is 0.0153. The van der Waals surface area contributed by atoms with E-state index in [2.05, 4.69) is 10.3 Å². The first-order valence-electron chi connectivity index (χ1n) is 8.34. The van der Waals surface area contributed by atoms with Crippen molar-refractivity contribution in [1.29, 1.82) is 0 Å². The predicted octanol–water partition coefficient (Wildman–Crippen LogP) is 3.93.